The zero-order valence-electron chi connectivity index (χ0n) is 15.2. The highest BCUT2D eigenvalue weighted by molar-refractivity contribution is 14.0. The van der Waals surface area contributed by atoms with Gasteiger partial charge in [0.1, 0.15) is 0 Å². The number of hydrogen-bond acceptors (Lipinski definition) is 5. The third-order valence-electron chi connectivity index (χ3n) is 3.99. The van der Waals surface area contributed by atoms with Gasteiger partial charge in [0, 0.05) is 50.1 Å². The topological polar surface area (TPSA) is 103 Å². The van der Waals surface area contributed by atoms with Gasteiger partial charge in [-0.15, -0.1) is 24.0 Å². The maximum atomic E-state index is 12.3. The number of thioether (sulfide) groups is 1. The van der Waals surface area contributed by atoms with Crippen LogP contribution in [0.2, 0.25) is 0 Å². The van der Waals surface area contributed by atoms with Crippen LogP contribution < -0.4 is 16.0 Å². The maximum Gasteiger partial charge on any atom is 0.223 e. The second-order valence-corrected chi connectivity index (χ2v) is 9.39. The van der Waals surface area contributed by atoms with Crippen molar-refractivity contribution in [2.75, 3.05) is 56.5 Å². The zero-order chi connectivity index (χ0) is 18.1. The molecule has 2 fully saturated rings. The summed E-state index contributed by atoms with van der Waals surface area (Å²) in [6, 6.07) is 0. The first-order valence-electron chi connectivity index (χ1n) is 8.88. The summed E-state index contributed by atoms with van der Waals surface area (Å²) < 4.78 is 26.1. The van der Waals surface area contributed by atoms with Gasteiger partial charge >= 0.3 is 0 Å². The van der Waals surface area contributed by atoms with Crippen molar-refractivity contribution in [3.63, 3.8) is 0 Å². The molecule has 1 saturated carbocycles. The molecule has 0 radical (unpaired) electrons. The van der Waals surface area contributed by atoms with E-state index in [9.17, 15) is 13.2 Å². The molecule has 1 aliphatic heterocycles. The van der Waals surface area contributed by atoms with Gasteiger partial charge in [0.25, 0.3) is 0 Å². The SMILES string of the molecule is CCNC(=NCCS(=O)(=O)N1CCSCC1)NCCNC(=O)C1CC1.I. The predicted octanol–water partition coefficient (Wildman–Crippen LogP) is 0.0643. The molecule has 0 aromatic carbocycles. The molecule has 2 rings (SSSR count). The average molecular weight is 519 g/mol. The minimum atomic E-state index is -3.23. The van der Waals surface area contributed by atoms with Crippen LogP contribution in [0.3, 0.4) is 0 Å². The minimum Gasteiger partial charge on any atom is -0.357 e. The largest absolute Gasteiger partial charge is 0.357 e. The van der Waals surface area contributed by atoms with Crippen molar-refractivity contribution in [3.05, 3.63) is 0 Å². The molecule has 0 unspecified atom stereocenters. The predicted molar refractivity (Wildman–Crippen MR) is 118 cm³/mol. The molecule has 0 bridgehead atoms. The quantitative estimate of drug-likeness (QED) is 0.173. The van der Waals surface area contributed by atoms with Gasteiger partial charge in [-0.1, -0.05) is 0 Å². The number of nitrogens with zero attached hydrogens (tertiary/aromatic N) is 2. The monoisotopic (exact) mass is 519 g/mol. The smallest absolute Gasteiger partial charge is 0.223 e. The minimum absolute atomic E-state index is 0. The number of carbonyl (C=O) groups excluding carboxylic acids is 1. The number of nitrogens with one attached hydrogen (secondary N) is 3. The Morgan fingerprint density at radius 1 is 1.15 bits per heavy atom. The molecule has 1 amide bonds. The summed E-state index contributed by atoms with van der Waals surface area (Å²) in [5.41, 5.74) is 0. The van der Waals surface area contributed by atoms with Crippen LogP contribution in [0.25, 0.3) is 0 Å². The molecule has 8 nitrogen and oxygen atoms in total. The van der Waals surface area contributed by atoms with Crippen LogP contribution in [0.5, 0.6) is 0 Å². The molecule has 0 aromatic heterocycles. The Bertz CT molecular complexity index is 564. The summed E-state index contributed by atoms with van der Waals surface area (Å²) in [6.07, 6.45) is 1.99. The summed E-state index contributed by atoms with van der Waals surface area (Å²) in [5, 5.41) is 9.08. The van der Waals surface area contributed by atoms with Crippen molar-refractivity contribution in [1.82, 2.24) is 20.3 Å². The van der Waals surface area contributed by atoms with Crippen molar-refractivity contribution in [3.8, 4) is 0 Å². The van der Waals surface area contributed by atoms with Crippen LogP contribution in [0.15, 0.2) is 4.99 Å². The highest BCUT2D eigenvalue weighted by Gasteiger charge is 2.29. The van der Waals surface area contributed by atoms with Crippen molar-refractivity contribution in [1.29, 1.82) is 0 Å². The molecule has 1 aliphatic carbocycles. The third-order valence-corrected chi connectivity index (χ3v) is 6.78. The standard InChI is InChI=1S/C15H29N5O3S2.HI/c1-2-16-15(18-6-5-17-14(21)13-3-4-13)19-7-12-25(22,23)20-8-10-24-11-9-20;/h13H,2-12H2,1H3,(H,17,21)(H2,16,18,19);1H. The first kappa shape index (κ1) is 23.8. The van der Waals surface area contributed by atoms with Crippen molar-refractivity contribution in [2.24, 2.45) is 10.9 Å². The lowest BCUT2D eigenvalue weighted by Crippen LogP contribution is -2.42. The van der Waals surface area contributed by atoms with Gasteiger partial charge in [0.15, 0.2) is 5.96 Å². The van der Waals surface area contributed by atoms with Crippen LogP contribution >= 0.6 is 35.7 Å². The molecule has 1 saturated heterocycles. The number of amides is 1. The highest BCUT2D eigenvalue weighted by Crippen LogP contribution is 2.28. The molecule has 26 heavy (non-hydrogen) atoms. The Balaban J connectivity index is 0.00000338. The second kappa shape index (κ2) is 12.2. The number of guanidine groups is 1. The fourth-order valence-corrected chi connectivity index (χ4v) is 4.88. The van der Waals surface area contributed by atoms with E-state index in [4.69, 9.17) is 0 Å². The van der Waals surface area contributed by atoms with E-state index in [1.165, 1.54) is 0 Å². The van der Waals surface area contributed by atoms with Gasteiger partial charge in [-0.25, -0.2) is 12.7 Å². The van der Waals surface area contributed by atoms with E-state index in [1.807, 2.05) is 6.92 Å². The number of rotatable bonds is 9. The molecule has 11 heteroatoms. The molecule has 1 heterocycles. The number of carbonyl (C=O) groups is 1. The van der Waals surface area contributed by atoms with Gasteiger partial charge in [0.05, 0.1) is 12.3 Å². The first-order valence-corrected chi connectivity index (χ1v) is 11.6. The Morgan fingerprint density at radius 3 is 2.42 bits per heavy atom. The summed E-state index contributed by atoms with van der Waals surface area (Å²) in [5.74, 6) is 2.65. The van der Waals surface area contributed by atoms with E-state index >= 15 is 0 Å². The Labute approximate surface area is 177 Å². The van der Waals surface area contributed by atoms with Crippen LogP contribution in [-0.2, 0) is 14.8 Å². The van der Waals surface area contributed by atoms with Gasteiger partial charge in [-0.3, -0.25) is 9.79 Å². The van der Waals surface area contributed by atoms with Gasteiger partial charge in [0.2, 0.25) is 15.9 Å². The Morgan fingerprint density at radius 2 is 1.81 bits per heavy atom. The lowest BCUT2D eigenvalue weighted by molar-refractivity contribution is -0.122. The van der Waals surface area contributed by atoms with E-state index in [1.54, 1.807) is 16.1 Å². The van der Waals surface area contributed by atoms with E-state index in [0.29, 0.717) is 38.7 Å². The van der Waals surface area contributed by atoms with Crippen LogP contribution in [-0.4, -0.2) is 81.1 Å². The van der Waals surface area contributed by atoms with Gasteiger partial charge in [-0.2, -0.15) is 11.8 Å². The Hall–Kier alpha value is -0.270. The highest BCUT2D eigenvalue weighted by atomic mass is 127. The average Bonchev–Trinajstić information content (AvgIpc) is 3.44. The summed E-state index contributed by atoms with van der Waals surface area (Å²) >= 11 is 1.79. The summed E-state index contributed by atoms with van der Waals surface area (Å²) in [4.78, 5) is 15.9. The third kappa shape index (κ3) is 8.61. The molecule has 2 aliphatic rings. The van der Waals surface area contributed by atoms with Crippen LogP contribution in [0, 0.1) is 5.92 Å². The van der Waals surface area contributed by atoms with E-state index in [0.717, 1.165) is 24.3 Å². The van der Waals surface area contributed by atoms with Crippen LogP contribution in [0.4, 0.5) is 0 Å². The normalized spacial score (nSPS) is 18.7. The fraction of sp³-hybridized carbons (Fsp3) is 0.867. The number of halogens is 1. The van der Waals surface area contributed by atoms with E-state index in [2.05, 4.69) is 20.9 Å². The maximum absolute atomic E-state index is 12.3. The molecular formula is C15H30IN5O3S2. The molecule has 152 valence electrons. The summed E-state index contributed by atoms with van der Waals surface area (Å²) in [7, 11) is -3.23. The Kier molecular flexibility index (Phi) is 11.2. The number of sulfonamides is 1. The fourth-order valence-electron chi connectivity index (χ4n) is 2.42. The first-order chi connectivity index (χ1) is 12.0. The lowest BCUT2D eigenvalue weighted by atomic mass is 10.4. The molecule has 0 atom stereocenters. The summed E-state index contributed by atoms with van der Waals surface area (Å²) in [6.45, 7) is 5.13. The molecule has 0 spiro atoms. The molecular weight excluding hydrogens is 489 g/mol. The van der Waals surface area contributed by atoms with E-state index < -0.39 is 10.0 Å². The van der Waals surface area contributed by atoms with Gasteiger partial charge < -0.3 is 16.0 Å². The molecule has 0 aromatic rings. The van der Waals surface area contributed by atoms with Crippen molar-refractivity contribution in [2.45, 2.75) is 19.8 Å². The number of hydrogen-bond donors (Lipinski definition) is 3. The van der Waals surface area contributed by atoms with Crippen molar-refractivity contribution < 1.29 is 13.2 Å². The molecule has 3 N–H and O–H groups in total. The number of aliphatic imine (C=N–C) groups is 1. The van der Waals surface area contributed by atoms with Crippen LogP contribution in [0.1, 0.15) is 19.8 Å². The van der Waals surface area contributed by atoms with Crippen molar-refractivity contribution >= 4 is 57.6 Å². The van der Waals surface area contributed by atoms with Gasteiger partial charge in [-0.05, 0) is 19.8 Å². The zero-order valence-corrected chi connectivity index (χ0v) is 19.2. The van der Waals surface area contributed by atoms with E-state index in [-0.39, 0.29) is 48.1 Å². The lowest BCUT2D eigenvalue weighted by Gasteiger charge is -2.25. The second-order valence-electron chi connectivity index (χ2n) is 6.08.